The Labute approximate surface area is 125 Å². The van der Waals surface area contributed by atoms with Gasteiger partial charge in [-0.05, 0) is 37.1 Å². The highest BCUT2D eigenvalue weighted by Gasteiger charge is 2.10. The second kappa shape index (κ2) is 6.91. The van der Waals surface area contributed by atoms with Crippen molar-refractivity contribution in [1.29, 1.82) is 0 Å². The number of hydrogen-bond donors (Lipinski definition) is 1. The summed E-state index contributed by atoms with van der Waals surface area (Å²) in [6, 6.07) is 5.93. The second-order valence-electron chi connectivity index (χ2n) is 5.27. The molecule has 2 heterocycles. The normalized spacial score (nSPS) is 12.6. The summed E-state index contributed by atoms with van der Waals surface area (Å²) in [7, 11) is 0. The molecule has 0 radical (unpaired) electrons. The Hall–Kier alpha value is -1.32. The van der Waals surface area contributed by atoms with Gasteiger partial charge in [-0.2, -0.15) is 0 Å². The van der Waals surface area contributed by atoms with Crippen molar-refractivity contribution in [2.45, 2.75) is 27.2 Å². The molecule has 2 aromatic rings. The van der Waals surface area contributed by atoms with E-state index in [9.17, 15) is 0 Å². The van der Waals surface area contributed by atoms with E-state index >= 15 is 0 Å². The van der Waals surface area contributed by atoms with E-state index in [0.717, 1.165) is 30.9 Å². The van der Waals surface area contributed by atoms with Gasteiger partial charge in [-0.1, -0.05) is 44.0 Å². The van der Waals surface area contributed by atoms with Crippen molar-refractivity contribution < 1.29 is 0 Å². The van der Waals surface area contributed by atoms with E-state index in [-0.39, 0.29) is 0 Å². The lowest BCUT2D eigenvalue weighted by Gasteiger charge is -2.12. The minimum atomic E-state index is 0.477. The van der Waals surface area contributed by atoms with Crippen molar-refractivity contribution in [3.8, 4) is 0 Å². The zero-order chi connectivity index (χ0) is 14.5. The monoisotopic (exact) mass is 291 g/mol. The molecule has 0 aliphatic heterocycles. The van der Waals surface area contributed by atoms with Gasteiger partial charge in [-0.3, -0.25) is 4.40 Å². The molecule has 2 aromatic heterocycles. The number of halogens is 1. The number of nitrogens with zero attached hydrogens (tertiary/aromatic N) is 2. The van der Waals surface area contributed by atoms with E-state index < -0.39 is 0 Å². The number of imidazole rings is 1. The third kappa shape index (κ3) is 3.41. The minimum absolute atomic E-state index is 0.477. The van der Waals surface area contributed by atoms with Crippen LogP contribution in [0.1, 0.15) is 32.9 Å². The summed E-state index contributed by atoms with van der Waals surface area (Å²) < 4.78 is 2.03. The van der Waals surface area contributed by atoms with Crippen LogP contribution in [0.4, 0.5) is 0 Å². The molecule has 0 saturated heterocycles. The largest absolute Gasteiger partial charge is 0.313 e. The lowest BCUT2D eigenvalue weighted by atomic mass is 10.0. The van der Waals surface area contributed by atoms with Crippen molar-refractivity contribution in [3.63, 3.8) is 0 Å². The molecule has 20 heavy (non-hydrogen) atoms. The molecule has 0 aliphatic carbocycles. The average molecular weight is 292 g/mol. The Kier molecular flexibility index (Phi) is 5.21. The summed E-state index contributed by atoms with van der Waals surface area (Å²) in [5, 5.41) is 4.02. The lowest BCUT2D eigenvalue weighted by Crippen LogP contribution is -2.20. The van der Waals surface area contributed by atoms with Gasteiger partial charge >= 0.3 is 0 Å². The van der Waals surface area contributed by atoms with Crippen LogP contribution in [-0.2, 0) is 0 Å². The van der Waals surface area contributed by atoms with Crippen LogP contribution < -0.4 is 5.32 Å². The van der Waals surface area contributed by atoms with Crippen LogP contribution in [0.25, 0.3) is 11.7 Å². The molecule has 3 nitrogen and oxygen atoms in total. The van der Waals surface area contributed by atoms with E-state index in [4.69, 9.17) is 11.6 Å². The van der Waals surface area contributed by atoms with Crippen molar-refractivity contribution in [3.05, 3.63) is 40.8 Å². The van der Waals surface area contributed by atoms with Crippen LogP contribution in [0, 0.1) is 5.92 Å². The van der Waals surface area contributed by atoms with E-state index in [1.807, 2.05) is 28.8 Å². The first-order valence-corrected chi connectivity index (χ1v) is 7.55. The highest BCUT2D eigenvalue weighted by Crippen LogP contribution is 2.22. The molecule has 0 aliphatic rings. The maximum absolute atomic E-state index is 6.28. The zero-order valence-electron chi connectivity index (χ0n) is 12.4. The number of aromatic nitrogens is 2. The van der Waals surface area contributed by atoms with E-state index in [0.29, 0.717) is 11.1 Å². The topological polar surface area (TPSA) is 29.3 Å². The molecular formula is C16H22ClN3. The summed E-state index contributed by atoms with van der Waals surface area (Å²) in [6.07, 6.45) is 5.30. The van der Waals surface area contributed by atoms with Gasteiger partial charge < -0.3 is 5.32 Å². The summed E-state index contributed by atoms with van der Waals surface area (Å²) in [4.78, 5) is 4.39. The van der Waals surface area contributed by atoms with Crippen molar-refractivity contribution >= 4 is 23.3 Å². The molecule has 0 saturated carbocycles. The van der Waals surface area contributed by atoms with Gasteiger partial charge in [-0.15, -0.1) is 0 Å². The third-order valence-electron chi connectivity index (χ3n) is 3.34. The summed E-state index contributed by atoms with van der Waals surface area (Å²) in [5.74, 6) is 0.477. The van der Waals surface area contributed by atoms with E-state index in [1.165, 1.54) is 5.57 Å². The van der Waals surface area contributed by atoms with Crippen LogP contribution >= 0.6 is 11.6 Å². The van der Waals surface area contributed by atoms with Gasteiger partial charge in [0.15, 0.2) is 5.15 Å². The smallest absolute Gasteiger partial charge is 0.155 e. The maximum Gasteiger partial charge on any atom is 0.155 e. The molecule has 108 valence electrons. The molecular weight excluding hydrogens is 270 g/mol. The fourth-order valence-corrected chi connectivity index (χ4v) is 2.35. The van der Waals surface area contributed by atoms with Crippen molar-refractivity contribution in [2.24, 2.45) is 5.92 Å². The van der Waals surface area contributed by atoms with Gasteiger partial charge in [0.2, 0.25) is 0 Å². The molecule has 2 rings (SSSR count). The fraction of sp³-hybridized carbons (Fsp3) is 0.438. The molecule has 0 unspecified atom stereocenters. The predicted octanol–water partition coefficient (Wildman–Crippen LogP) is 4.03. The Balaban J connectivity index is 2.35. The van der Waals surface area contributed by atoms with Gasteiger partial charge in [0.1, 0.15) is 5.65 Å². The molecule has 0 fully saturated rings. The SMILES string of the molecule is CCCNCC(=Cc1c(Cl)nc2ccccn12)C(C)C. The Morgan fingerprint density at radius 3 is 2.95 bits per heavy atom. The maximum atomic E-state index is 6.28. The number of pyridine rings is 1. The quantitative estimate of drug-likeness (QED) is 0.814. The zero-order valence-corrected chi connectivity index (χ0v) is 13.1. The standard InChI is InChI=1S/C16H22ClN3/c1-4-8-18-11-13(12(2)3)10-14-16(17)19-15-7-5-6-9-20(14)15/h5-7,9-10,12,18H,4,8,11H2,1-3H3. The lowest BCUT2D eigenvalue weighted by molar-refractivity contribution is 0.656. The summed E-state index contributed by atoms with van der Waals surface area (Å²) in [6.45, 7) is 8.51. The first-order chi connectivity index (χ1) is 9.63. The van der Waals surface area contributed by atoms with Crippen molar-refractivity contribution in [1.82, 2.24) is 14.7 Å². The molecule has 0 bridgehead atoms. The average Bonchev–Trinajstić information content (AvgIpc) is 2.74. The van der Waals surface area contributed by atoms with Crippen molar-refractivity contribution in [2.75, 3.05) is 13.1 Å². The molecule has 0 aromatic carbocycles. The Morgan fingerprint density at radius 1 is 1.45 bits per heavy atom. The number of nitrogens with one attached hydrogen (secondary N) is 1. The first kappa shape index (κ1) is 15.1. The molecule has 0 spiro atoms. The van der Waals surface area contributed by atoms with Gasteiger partial charge in [0.05, 0.1) is 5.69 Å². The number of hydrogen-bond acceptors (Lipinski definition) is 2. The Morgan fingerprint density at radius 2 is 2.25 bits per heavy atom. The Bertz CT molecular complexity index is 599. The minimum Gasteiger partial charge on any atom is -0.313 e. The van der Waals surface area contributed by atoms with Crippen LogP contribution in [0.5, 0.6) is 0 Å². The van der Waals surface area contributed by atoms with Gasteiger partial charge in [0.25, 0.3) is 0 Å². The summed E-state index contributed by atoms with van der Waals surface area (Å²) in [5.41, 5.74) is 3.18. The first-order valence-electron chi connectivity index (χ1n) is 7.17. The highest BCUT2D eigenvalue weighted by atomic mass is 35.5. The second-order valence-corrected chi connectivity index (χ2v) is 5.63. The number of fused-ring (bicyclic) bond motifs is 1. The molecule has 0 amide bonds. The van der Waals surface area contributed by atoms with Crippen LogP contribution in [-0.4, -0.2) is 22.5 Å². The van der Waals surface area contributed by atoms with Gasteiger partial charge in [-0.25, -0.2) is 4.98 Å². The fourth-order valence-electron chi connectivity index (χ4n) is 2.12. The summed E-state index contributed by atoms with van der Waals surface area (Å²) >= 11 is 6.28. The van der Waals surface area contributed by atoms with Crippen LogP contribution in [0.2, 0.25) is 5.15 Å². The predicted molar refractivity (Wildman–Crippen MR) is 86.2 cm³/mol. The van der Waals surface area contributed by atoms with Crippen LogP contribution in [0.3, 0.4) is 0 Å². The molecule has 1 N–H and O–H groups in total. The van der Waals surface area contributed by atoms with Crippen LogP contribution in [0.15, 0.2) is 30.0 Å². The van der Waals surface area contributed by atoms with E-state index in [1.54, 1.807) is 0 Å². The third-order valence-corrected chi connectivity index (χ3v) is 3.62. The van der Waals surface area contributed by atoms with Gasteiger partial charge in [0, 0.05) is 12.7 Å². The van der Waals surface area contributed by atoms with E-state index in [2.05, 4.69) is 37.1 Å². The molecule has 0 atom stereocenters. The number of rotatable bonds is 6. The molecule has 4 heteroatoms. The highest BCUT2D eigenvalue weighted by molar-refractivity contribution is 6.31.